The van der Waals surface area contributed by atoms with E-state index in [4.69, 9.17) is 9.15 Å². The average molecular weight is 544 g/mol. The van der Waals surface area contributed by atoms with E-state index in [1.165, 1.54) is 31.4 Å². The van der Waals surface area contributed by atoms with Crippen LogP contribution in [0.3, 0.4) is 0 Å². The molecule has 5 rings (SSSR count). The molecule has 0 unspecified atom stereocenters. The largest absolute Gasteiger partial charge is 0.489 e. The molecule has 9 nitrogen and oxygen atoms in total. The predicted molar refractivity (Wildman–Crippen MR) is 143 cm³/mol. The van der Waals surface area contributed by atoms with Crippen LogP contribution in [0.1, 0.15) is 38.8 Å². The summed E-state index contributed by atoms with van der Waals surface area (Å²) in [4.78, 5) is 38.2. The second-order valence-corrected chi connectivity index (χ2v) is 9.21. The monoisotopic (exact) mass is 543 g/mol. The van der Waals surface area contributed by atoms with Gasteiger partial charge in [0, 0.05) is 17.1 Å². The Bertz CT molecular complexity index is 1620. The van der Waals surface area contributed by atoms with Gasteiger partial charge in [-0.15, -0.1) is 0 Å². The van der Waals surface area contributed by atoms with Gasteiger partial charge in [0.05, 0.1) is 13.7 Å². The molecule has 1 fully saturated rings. The number of halogens is 1. The van der Waals surface area contributed by atoms with Crippen molar-refractivity contribution in [2.24, 2.45) is 0 Å². The van der Waals surface area contributed by atoms with Gasteiger partial charge in [-0.25, -0.2) is 14.0 Å². The van der Waals surface area contributed by atoms with Crippen LogP contribution in [0.4, 0.5) is 9.18 Å². The molecule has 204 valence electrons. The van der Waals surface area contributed by atoms with Crippen molar-refractivity contribution in [2.75, 3.05) is 7.11 Å². The molecule has 3 heterocycles. The number of esters is 1. The third-order valence-electron chi connectivity index (χ3n) is 6.51. The van der Waals surface area contributed by atoms with Crippen molar-refractivity contribution < 1.29 is 32.7 Å². The molecule has 1 N–H and O–H groups in total. The first-order valence-corrected chi connectivity index (χ1v) is 12.4. The summed E-state index contributed by atoms with van der Waals surface area (Å²) in [6.07, 6.45) is 1.64. The van der Waals surface area contributed by atoms with E-state index in [9.17, 15) is 18.8 Å². The Kier molecular flexibility index (Phi) is 7.24. The molecule has 40 heavy (non-hydrogen) atoms. The van der Waals surface area contributed by atoms with Gasteiger partial charge in [-0.05, 0) is 85.6 Å². The van der Waals surface area contributed by atoms with Crippen LogP contribution in [0.5, 0.6) is 5.75 Å². The minimum Gasteiger partial charge on any atom is -0.489 e. The Morgan fingerprint density at radius 3 is 2.45 bits per heavy atom. The summed E-state index contributed by atoms with van der Waals surface area (Å²) < 4.78 is 31.0. The zero-order valence-corrected chi connectivity index (χ0v) is 22.1. The Balaban J connectivity index is 1.29. The number of hydrogen-bond acceptors (Lipinski definition) is 6. The first kappa shape index (κ1) is 26.5. The fourth-order valence-corrected chi connectivity index (χ4v) is 4.47. The summed E-state index contributed by atoms with van der Waals surface area (Å²) in [7, 11) is 1.23. The average Bonchev–Trinajstić information content (AvgIpc) is 3.61. The van der Waals surface area contributed by atoms with E-state index in [1.54, 1.807) is 18.2 Å². The number of hydrogen-bond donors (Lipinski definition) is 1. The first-order valence-electron chi connectivity index (χ1n) is 12.4. The number of rotatable bonds is 8. The lowest BCUT2D eigenvalue weighted by molar-refractivity contribution is -0.123. The highest BCUT2D eigenvalue weighted by Gasteiger charge is 2.34. The van der Waals surface area contributed by atoms with Crippen LogP contribution < -0.4 is 10.1 Å². The lowest BCUT2D eigenvalue weighted by Crippen LogP contribution is -2.30. The summed E-state index contributed by atoms with van der Waals surface area (Å²) in [5, 5.41) is 2.62. The highest BCUT2D eigenvalue weighted by molar-refractivity contribution is 6.14. The Morgan fingerprint density at radius 2 is 1.75 bits per heavy atom. The molecule has 10 heteroatoms. The van der Waals surface area contributed by atoms with E-state index in [1.807, 2.05) is 48.7 Å². The van der Waals surface area contributed by atoms with Crippen LogP contribution in [0.25, 0.3) is 11.8 Å². The lowest BCUT2D eigenvalue weighted by Gasteiger charge is -2.12. The number of methoxy groups -OCH3 is 1. The van der Waals surface area contributed by atoms with Gasteiger partial charge in [0.25, 0.3) is 5.91 Å². The maximum atomic E-state index is 13.1. The van der Waals surface area contributed by atoms with Crippen LogP contribution in [0.2, 0.25) is 0 Å². The molecule has 2 aromatic heterocycles. The summed E-state index contributed by atoms with van der Waals surface area (Å²) in [5.41, 5.74) is 4.47. The minimum atomic E-state index is -0.647. The van der Waals surface area contributed by atoms with Gasteiger partial charge in [0.2, 0.25) is 5.76 Å². The third-order valence-corrected chi connectivity index (χ3v) is 6.51. The molecule has 1 aliphatic rings. The molecule has 0 aliphatic carbocycles. The molecular weight excluding hydrogens is 517 g/mol. The predicted octanol–water partition coefficient (Wildman–Crippen LogP) is 5.28. The molecule has 0 radical (unpaired) electrons. The maximum absolute atomic E-state index is 13.1. The highest BCUT2D eigenvalue weighted by atomic mass is 19.1. The second-order valence-electron chi connectivity index (χ2n) is 9.21. The zero-order chi connectivity index (χ0) is 28.4. The first-order chi connectivity index (χ1) is 19.2. The van der Waals surface area contributed by atoms with Crippen molar-refractivity contribution in [1.29, 1.82) is 0 Å². The fraction of sp³-hybridized carbons (Fsp3) is 0.167. The summed E-state index contributed by atoms with van der Waals surface area (Å²) in [5.74, 6) is -0.511. The number of imide groups is 1. The van der Waals surface area contributed by atoms with Crippen molar-refractivity contribution >= 4 is 24.0 Å². The number of amides is 3. The van der Waals surface area contributed by atoms with Crippen molar-refractivity contribution in [3.63, 3.8) is 0 Å². The van der Waals surface area contributed by atoms with E-state index in [0.29, 0.717) is 12.4 Å². The highest BCUT2D eigenvalue weighted by Crippen LogP contribution is 2.26. The molecule has 1 aliphatic heterocycles. The van der Waals surface area contributed by atoms with E-state index < -0.39 is 17.9 Å². The van der Waals surface area contributed by atoms with Crippen LogP contribution in [-0.4, -0.2) is 34.5 Å². The number of urea groups is 1. The van der Waals surface area contributed by atoms with E-state index >= 15 is 0 Å². The summed E-state index contributed by atoms with van der Waals surface area (Å²) >= 11 is 0. The molecule has 3 amide bonds. The van der Waals surface area contributed by atoms with Gasteiger partial charge in [-0.1, -0.05) is 12.1 Å². The van der Waals surface area contributed by atoms with Crippen LogP contribution in [0, 0.1) is 19.7 Å². The molecule has 0 spiro atoms. The van der Waals surface area contributed by atoms with Gasteiger partial charge in [-0.2, -0.15) is 0 Å². The van der Waals surface area contributed by atoms with Crippen molar-refractivity contribution in [2.45, 2.75) is 27.0 Å². The normalized spacial score (nSPS) is 14.1. The summed E-state index contributed by atoms with van der Waals surface area (Å²) in [6.45, 7) is 4.06. The number of benzene rings is 2. The van der Waals surface area contributed by atoms with Gasteiger partial charge in [-0.3, -0.25) is 9.69 Å². The standard InChI is InChI=1S/C30H26FN3O6/c1-18-14-21(15-26-28(35)33(30(37)32-26)16-25-12-13-27(40-25)29(36)38-3)19(2)34(18)23-8-10-24(11-9-23)39-17-20-4-6-22(31)7-5-20/h4-15H,16-17H2,1-3H3,(H,32,37)/b26-15-. The van der Waals surface area contributed by atoms with Crippen LogP contribution >= 0.6 is 0 Å². The zero-order valence-electron chi connectivity index (χ0n) is 22.1. The van der Waals surface area contributed by atoms with Gasteiger partial charge in [0.15, 0.2) is 0 Å². The SMILES string of the molecule is COC(=O)c1ccc(CN2C(=O)N/C(=C\c3cc(C)n(-c4ccc(OCc5ccc(F)cc5)cc4)c3C)C2=O)o1. The Hall–Kier alpha value is -5.12. The summed E-state index contributed by atoms with van der Waals surface area (Å²) in [6, 6.07) is 18.0. The number of carbonyl (C=O) groups excluding carboxylic acids is 3. The van der Waals surface area contributed by atoms with Crippen LogP contribution in [0.15, 0.2) is 76.8 Å². The molecule has 1 saturated heterocycles. The van der Waals surface area contributed by atoms with E-state index in [-0.39, 0.29) is 29.6 Å². The quantitative estimate of drug-likeness (QED) is 0.184. The Labute approximate surface area is 229 Å². The van der Waals surface area contributed by atoms with Crippen molar-refractivity contribution in [3.05, 3.63) is 112 Å². The van der Waals surface area contributed by atoms with Crippen molar-refractivity contribution in [1.82, 2.24) is 14.8 Å². The van der Waals surface area contributed by atoms with Crippen molar-refractivity contribution in [3.8, 4) is 11.4 Å². The topological polar surface area (TPSA) is 103 Å². The van der Waals surface area contributed by atoms with Gasteiger partial charge in [0.1, 0.15) is 29.6 Å². The number of nitrogens with one attached hydrogen (secondary N) is 1. The molecule has 0 bridgehead atoms. The second kappa shape index (κ2) is 10.9. The number of aromatic nitrogens is 1. The van der Waals surface area contributed by atoms with Crippen LogP contribution in [-0.2, 0) is 22.7 Å². The number of furan rings is 1. The van der Waals surface area contributed by atoms with Gasteiger partial charge < -0.3 is 23.8 Å². The molecule has 0 saturated carbocycles. The third kappa shape index (κ3) is 5.37. The molecule has 0 atom stereocenters. The maximum Gasteiger partial charge on any atom is 0.373 e. The molecule has 4 aromatic rings. The minimum absolute atomic E-state index is 0.0137. The molecule has 2 aromatic carbocycles. The van der Waals surface area contributed by atoms with E-state index in [0.717, 1.165) is 33.1 Å². The number of aryl methyl sites for hydroxylation is 1. The number of ether oxygens (including phenoxy) is 2. The Morgan fingerprint density at radius 1 is 1.02 bits per heavy atom. The number of nitrogens with zero attached hydrogens (tertiary/aromatic N) is 2. The molecular formula is C30H26FN3O6. The smallest absolute Gasteiger partial charge is 0.373 e. The van der Waals surface area contributed by atoms with Gasteiger partial charge >= 0.3 is 12.0 Å². The lowest BCUT2D eigenvalue weighted by atomic mass is 10.2. The number of carbonyl (C=O) groups is 3. The van der Waals surface area contributed by atoms with E-state index in [2.05, 4.69) is 10.1 Å². The fourth-order valence-electron chi connectivity index (χ4n) is 4.47.